The van der Waals surface area contributed by atoms with Gasteiger partial charge in [-0.2, -0.15) is 0 Å². The van der Waals surface area contributed by atoms with Crippen LogP contribution in [-0.2, 0) is 0 Å². The maximum absolute atomic E-state index is 5.41. The maximum Gasteiger partial charge on any atom is 0.304 e. The largest absolute Gasteiger partial charge is 0.467 e. The molecule has 0 atom stereocenters. The van der Waals surface area contributed by atoms with Crippen LogP contribution in [0.5, 0.6) is 5.95 Å². The zero-order valence-corrected chi connectivity index (χ0v) is 7.75. The molecule has 1 N–H and O–H groups in total. The van der Waals surface area contributed by atoms with Crippen molar-refractivity contribution >= 4 is 0 Å². The van der Waals surface area contributed by atoms with Crippen LogP contribution in [0.15, 0.2) is 10.6 Å². The molecule has 4 nitrogen and oxygen atoms in total. The summed E-state index contributed by atoms with van der Waals surface area (Å²) in [7, 11) is 1.59. The van der Waals surface area contributed by atoms with Crippen molar-refractivity contribution in [2.24, 2.45) is 0 Å². The van der Waals surface area contributed by atoms with Gasteiger partial charge in [0.1, 0.15) is 6.20 Å². The number of ether oxygens (including phenoxy) is 1. The van der Waals surface area contributed by atoms with Crippen molar-refractivity contribution in [3.8, 4) is 5.95 Å². The van der Waals surface area contributed by atoms with Gasteiger partial charge in [0, 0.05) is 5.92 Å². The summed E-state index contributed by atoms with van der Waals surface area (Å²) in [6.45, 7) is 2.10. The van der Waals surface area contributed by atoms with Crippen LogP contribution < -0.4 is 10.1 Å². The van der Waals surface area contributed by atoms with Crippen LogP contribution >= 0.6 is 0 Å². The van der Waals surface area contributed by atoms with Crippen LogP contribution in [0.25, 0.3) is 0 Å². The Balaban J connectivity index is 2.05. The molecule has 1 saturated heterocycles. The number of rotatable bonds is 2. The zero-order chi connectivity index (χ0) is 9.10. The van der Waals surface area contributed by atoms with E-state index in [9.17, 15) is 0 Å². The third-order valence-corrected chi connectivity index (χ3v) is 2.39. The molecule has 2 rings (SSSR count). The van der Waals surface area contributed by atoms with Gasteiger partial charge < -0.3 is 14.5 Å². The highest BCUT2D eigenvalue weighted by Gasteiger charge is 2.19. The van der Waals surface area contributed by atoms with Crippen LogP contribution in [0.2, 0.25) is 0 Å². The monoisotopic (exact) mass is 182 g/mol. The zero-order valence-electron chi connectivity index (χ0n) is 7.75. The number of hydrogen-bond acceptors (Lipinski definition) is 4. The average Bonchev–Trinajstić information content (AvgIpc) is 2.67. The lowest BCUT2D eigenvalue weighted by atomic mass is 9.98. The van der Waals surface area contributed by atoms with Crippen molar-refractivity contribution in [2.75, 3.05) is 20.2 Å². The van der Waals surface area contributed by atoms with E-state index in [0.717, 1.165) is 31.8 Å². The van der Waals surface area contributed by atoms with Gasteiger partial charge >= 0.3 is 5.95 Å². The topological polar surface area (TPSA) is 47.3 Å². The van der Waals surface area contributed by atoms with Gasteiger partial charge in [0.05, 0.1) is 7.11 Å². The van der Waals surface area contributed by atoms with E-state index >= 15 is 0 Å². The lowest BCUT2D eigenvalue weighted by Gasteiger charge is -2.19. The van der Waals surface area contributed by atoms with Gasteiger partial charge in [0.15, 0.2) is 0 Å². The number of aromatic nitrogens is 1. The molecule has 72 valence electrons. The summed E-state index contributed by atoms with van der Waals surface area (Å²) in [5.74, 6) is 1.79. The lowest BCUT2D eigenvalue weighted by Crippen LogP contribution is -2.26. The van der Waals surface area contributed by atoms with Gasteiger partial charge in [0.25, 0.3) is 0 Å². The fourth-order valence-corrected chi connectivity index (χ4v) is 1.62. The van der Waals surface area contributed by atoms with E-state index in [1.54, 1.807) is 13.3 Å². The number of methoxy groups -OCH3 is 1. The van der Waals surface area contributed by atoms with E-state index in [-0.39, 0.29) is 0 Å². The van der Waals surface area contributed by atoms with E-state index in [0.29, 0.717) is 11.9 Å². The molecule has 1 aliphatic heterocycles. The first-order chi connectivity index (χ1) is 6.40. The summed E-state index contributed by atoms with van der Waals surface area (Å²) >= 11 is 0. The Morgan fingerprint density at radius 2 is 2.31 bits per heavy atom. The normalized spacial score (nSPS) is 18.8. The van der Waals surface area contributed by atoms with Crippen LogP contribution in [0.1, 0.15) is 24.7 Å². The number of hydrogen-bond donors (Lipinski definition) is 1. The minimum absolute atomic E-state index is 0.463. The van der Waals surface area contributed by atoms with Crippen LogP contribution in [0, 0.1) is 0 Å². The SMILES string of the molecule is COc1cnc(C2CCNCC2)o1. The minimum Gasteiger partial charge on any atom is -0.467 e. The Labute approximate surface area is 77.3 Å². The van der Waals surface area contributed by atoms with Crippen molar-refractivity contribution in [3.05, 3.63) is 12.1 Å². The van der Waals surface area contributed by atoms with Crippen molar-refractivity contribution in [1.82, 2.24) is 10.3 Å². The summed E-state index contributed by atoms with van der Waals surface area (Å²) in [5.41, 5.74) is 0. The highest BCUT2D eigenvalue weighted by atomic mass is 16.6. The maximum atomic E-state index is 5.41. The summed E-state index contributed by atoms with van der Waals surface area (Å²) in [5, 5.41) is 3.30. The van der Waals surface area contributed by atoms with Gasteiger partial charge in [-0.3, -0.25) is 0 Å². The number of piperidine rings is 1. The predicted octanol–water partition coefficient (Wildman–Crippen LogP) is 1.15. The fraction of sp³-hybridized carbons (Fsp3) is 0.667. The first kappa shape index (κ1) is 8.56. The second-order valence-electron chi connectivity index (χ2n) is 3.25. The number of nitrogens with zero attached hydrogens (tertiary/aromatic N) is 1. The molecule has 1 aromatic heterocycles. The number of oxazole rings is 1. The molecule has 1 aliphatic rings. The quantitative estimate of drug-likeness (QED) is 0.745. The summed E-state index contributed by atoms with van der Waals surface area (Å²) in [4.78, 5) is 4.19. The molecule has 13 heavy (non-hydrogen) atoms. The van der Waals surface area contributed by atoms with E-state index < -0.39 is 0 Å². The molecule has 0 unspecified atom stereocenters. The molecule has 1 fully saturated rings. The Kier molecular flexibility index (Phi) is 2.49. The first-order valence-electron chi connectivity index (χ1n) is 4.60. The lowest BCUT2D eigenvalue weighted by molar-refractivity contribution is 0.276. The van der Waals surface area contributed by atoms with E-state index in [2.05, 4.69) is 10.3 Å². The van der Waals surface area contributed by atoms with Gasteiger partial charge in [-0.25, -0.2) is 4.98 Å². The van der Waals surface area contributed by atoms with Crippen LogP contribution in [-0.4, -0.2) is 25.2 Å². The van der Waals surface area contributed by atoms with Gasteiger partial charge in [0.2, 0.25) is 5.89 Å². The molecule has 0 amide bonds. The molecule has 0 aliphatic carbocycles. The molecule has 0 bridgehead atoms. The molecule has 0 radical (unpaired) electrons. The van der Waals surface area contributed by atoms with Crippen molar-refractivity contribution in [1.29, 1.82) is 0 Å². The molecule has 0 spiro atoms. The molecule has 2 heterocycles. The summed E-state index contributed by atoms with van der Waals surface area (Å²) < 4.78 is 10.4. The Hall–Kier alpha value is -1.03. The highest BCUT2D eigenvalue weighted by Crippen LogP contribution is 2.26. The van der Waals surface area contributed by atoms with Crippen molar-refractivity contribution in [3.63, 3.8) is 0 Å². The molecule has 1 aromatic rings. The average molecular weight is 182 g/mol. The van der Waals surface area contributed by atoms with Crippen molar-refractivity contribution in [2.45, 2.75) is 18.8 Å². The molecule has 4 heteroatoms. The first-order valence-corrected chi connectivity index (χ1v) is 4.60. The molecule has 0 aromatic carbocycles. The summed E-state index contributed by atoms with van der Waals surface area (Å²) in [6, 6.07) is 0. The third kappa shape index (κ3) is 1.83. The predicted molar refractivity (Wildman–Crippen MR) is 47.9 cm³/mol. The van der Waals surface area contributed by atoms with Gasteiger partial charge in [-0.05, 0) is 25.9 Å². The van der Waals surface area contributed by atoms with E-state index in [1.165, 1.54) is 0 Å². The van der Waals surface area contributed by atoms with Crippen LogP contribution in [0.4, 0.5) is 0 Å². The Morgan fingerprint density at radius 1 is 1.54 bits per heavy atom. The second-order valence-corrected chi connectivity index (χ2v) is 3.25. The minimum atomic E-state index is 0.463. The fourth-order valence-electron chi connectivity index (χ4n) is 1.62. The Bertz CT molecular complexity index is 266. The van der Waals surface area contributed by atoms with E-state index in [1.807, 2.05) is 0 Å². The van der Waals surface area contributed by atoms with Crippen molar-refractivity contribution < 1.29 is 9.15 Å². The standard InChI is InChI=1S/C9H14N2O2/c1-12-8-6-11-9(13-8)7-2-4-10-5-3-7/h6-7,10H,2-5H2,1H3. The van der Waals surface area contributed by atoms with Gasteiger partial charge in [-0.1, -0.05) is 0 Å². The molecule has 0 saturated carbocycles. The third-order valence-electron chi connectivity index (χ3n) is 2.39. The molecular weight excluding hydrogens is 168 g/mol. The molecular formula is C9H14N2O2. The number of nitrogens with one attached hydrogen (secondary N) is 1. The highest BCUT2D eigenvalue weighted by molar-refractivity contribution is 5.04. The Morgan fingerprint density at radius 3 is 2.92 bits per heavy atom. The van der Waals surface area contributed by atoms with E-state index in [4.69, 9.17) is 9.15 Å². The summed E-state index contributed by atoms with van der Waals surface area (Å²) in [6.07, 6.45) is 3.84. The smallest absolute Gasteiger partial charge is 0.304 e. The second kappa shape index (κ2) is 3.79. The van der Waals surface area contributed by atoms with Gasteiger partial charge in [-0.15, -0.1) is 0 Å². The van der Waals surface area contributed by atoms with Crippen LogP contribution in [0.3, 0.4) is 0 Å².